The zero-order valence-electron chi connectivity index (χ0n) is 16.6. The van der Waals surface area contributed by atoms with Gasteiger partial charge in [-0.1, -0.05) is 26.2 Å². The topological polar surface area (TPSA) is 66.8 Å². The van der Waals surface area contributed by atoms with E-state index in [0.717, 1.165) is 68.1 Å². The van der Waals surface area contributed by atoms with Crippen LogP contribution in [0, 0.1) is 6.92 Å². The number of nitrogens with zero attached hydrogens (tertiary/aromatic N) is 4. The van der Waals surface area contributed by atoms with Crippen molar-refractivity contribution in [2.45, 2.75) is 84.3 Å². The number of aromatic amines is 1. The van der Waals surface area contributed by atoms with Crippen molar-refractivity contribution in [3.05, 3.63) is 44.9 Å². The summed E-state index contributed by atoms with van der Waals surface area (Å²) in [7, 11) is 0. The smallest absolute Gasteiger partial charge is 0.255 e. The fraction of sp³-hybridized carbons (Fsp3) is 0.667. The van der Waals surface area contributed by atoms with Crippen LogP contribution in [0.3, 0.4) is 0 Å². The predicted molar refractivity (Wildman–Crippen MR) is 106 cm³/mol. The number of nitrogens with one attached hydrogen (secondary N) is 1. The number of aryl methyl sites for hydroxylation is 2. The molecule has 27 heavy (non-hydrogen) atoms. The highest BCUT2D eigenvalue weighted by molar-refractivity contribution is 5.23. The van der Waals surface area contributed by atoms with Gasteiger partial charge in [-0.3, -0.25) is 14.4 Å². The first-order valence-electron chi connectivity index (χ1n) is 10.5. The maximum Gasteiger partial charge on any atom is 0.255 e. The van der Waals surface area contributed by atoms with Crippen LogP contribution in [0.4, 0.5) is 0 Å². The summed E-state index contributed by atoms with van der Waals surface area (Å²) in [5.41, 5.74) is 4.31. The van der Waals surface area contributed by atoms with Gasteiger partial charge in [-0.2, -0.15) is 5.10 Å². The van der Waals surface area contributed by atoms with Gasteiger partial charge in [0.15, 0.2) is 0 Å². The van der Waals surface area contributed by atoms with Gasteiger partial charge in [0.2, 0.25) is 0 Å². The monoisotopic (exact) mass is 369 g/mol. The van der Waals surface area contributed by atoms with Gasteiger partial charge in [-0.25, -0.2) is 4.98 Å². The standard InChI is InChI=1S/C21H31N5O/c1-3-10-26-13-17(15(2)24-26)12-25-11-9-19-18(14-25)21(27)23-20(22-19)16-7-5-4-6-8-16/h13,16H,3-12,14H2,1-2H3,(H,22,23,27). The second-order valence-electron chi connectivity index (χ2n) is 8.17. The number of hydrogen-bond acceptors (Lipinski definition) is 4. The molecule has 1 aliphatic carbocycles. The summed E-state index contributed by atoms with van der Waals surface area (Å²) in [5.74, 6) is 1.38. The lowest BCUT2D eigenvalue weighted by Crippen LogP contribution is -2.36. The molecule has 2 aromatic heterocycles. The zero-order chi connectivity index (χ0) is 18.8. The lowest BCUT2D eigenvalue weighted by Gasteiger charge is -2.28. The Morgan fingerprint density at radius 1 is 1.26 bits per heavy atom. The van der Waals surface area contributed by atoms with Crippen molar-refractivity contribution in [1.29, 1.82) is 0 Å². The van der Waals surface area contributed by atoms with Gasteiger partial charge in [0.05, 0.1) is 17.0 Å². The Hall–Kier alpha value is -1.95. The van der Waals surface area contributed by atoms with Crippen molar-refractivity contribution in [3.63, 3.8) is 0 Å². The minimum Gasteiger partial charge on any atom is -0.310 e. The largest absolute Gasteiger partial charge is 0.310 e. The molecule has 0 bridgehead atoms. The van der Waals surface area contributed by atoms with Crippen molar-refractivity contribution >= 4 is 0 Å². The van der Waals surface area contributed by atoms with E-state index in [2.05, 4.69) is 35.0 Å². The third-order valence-corrected chi connectivity index (χ3v) is 6.05. The van der Waals surface area contributed by atoms with E-state index in [1.807, 2.05) is 4.68 Å². The molecule has 0 amide bonds. The Morgan fingerprint density at radius 3 is 2.85 bits per heavy atom. The third kappa shape index (κ3) is 4.00. The molecule has 146 valence electrons. The molecule has 0 spiro atoms. The summed E-state index contributed by atoms with van der Waals surface area (Å²) in [5, 5.41) is 4.60. The van der Waals surface area contributed by atoms with Crippen LogP contribution in [0.2, 0.25) is 0 Å². The Labute approximate surface area is 161 Å². The lowest BCUT2D eigenvalue weighted by molar-refractivity contribution is 0.240. The number of hydrogen-bond donors (Lipinski definition) is 1. The molecule has 2 aliphatic rings. The van der Waals surface area contributed by atoms with Crippen LogP contribution in [0.15, 0.2) is 11.0 Å². The Bertz CT molecular complexity index is 847. The molecule has 6 heteroatoms. The van der Waals surface area contributed by atoms with Crippen molar-refractivity contribution < 1.29 is 0 Å². The van der Waals surface area contributed by atoms with E-state index in [1.54, 1.807) is 0 Å². The SMILES string of the molecule is CCCn1cc(CN2CCc3nc(C4CCCCC4)[nH]c(=O)c3C2)c(C)n1. The molecule has 4 rings (SSSR count). The van der Waals surface area contributed by atoms with Gasteiger partial charge < -0.3 is 4.98 Å². The first-order chi connectivity index (χ1) is 13.1. The lowest BCUT2D eigenvalue weighted by atomic mass is 9.88. The highest BCUT2D eigenvalue weighted by Crippen LogP contribution is 2.30. The quantitative estimate of drug-likeness (QED) is 0.878. The Balaban J connectivity index is 1.49. The second kappa shape index (κ2) is 7.97. The predicted octanol–water partition coefficient (Wildman–Crippen LogP) is 3.29. The molecule has 0 aromatic carbocycles. The first-order valence-corrected chi connectivity index (χ1v) is 10.5. The van der Waals surface area contributed by atoms with Gasteiger partial charge >= 0.3 is 0 Å². The summed E-state index contributed by atoms with van der Waals surface area (Å²) in [4.78, 5) is 23.1. The molecule has 1 saturated carbocycles. The molecular formula is C21H31N5O. The van der Waals surface area contributed by atoms with Crippen molar-refractivity contribution in [1.82, 2.24) is 24.6 Å². The third-order valence-electron chi connectivity index (χ3n) is 6.05. The summed E-state index contributed by atoms with van der Waals surface area (Å²) < 4.78 is 2.04. The van der Waals surface area contributed by atoms with E-state index in [-0.39, 0.29) is 5.56 Å². The van der Waals surface area contributed by atoms with E-state index in [4.69, 9.17) is 4.98 Å². The molecule has 3 heterocycles. The van der Waals surface area contributed by atoms with Crippen LogP contribution in [-0.4, -0.2) is 31.2 Å². The summed E-state index contributed by atoms with van der Waals surface area (Å²) in [6.45, 7) is 7.67. The van der Waals surface area contributed by atoms with Crippen LogP contribution < -0.4 is 5.56 Å². The van der Waals surface area contributed by atoms with E-state index in [1.165, 1.54) is 24.8 Å². The average Bonchev–Trinajstić information content (AvgIpc) is 3.02. The zero-order valence-corrected chi connectivity index (χ0v) is 16.6. The van der Waals surface area contributed by atoms with Crippen LogP contribution in [0.25, 0.3) is 0 Å². The van der Waals surface area contributed by atoms with E-state index in [9.17, 15) is 4.79 Å². The van der Waals surface area contributed by atoms with Gasteiger partial charge in [0.1, 0.15) is 5.82 Å². The van der Waals surface area contributed by atoms with Crippen LogP contribution in [0.1, 0.15) is 79.7 Å². The molecule has 0 saturated heterocycles. The summed E-state index contributed by atoms with van der Waals surface area (Å²) in [6, 6.07) is 0. The Kier molecular flexibility index (Phi) is 5.43. The number of rotatable bonds is 5. The fourth-order valence-electron chi connectivity index (χ4n) is 4.50. The number of aromatic nitrogens is 4. The molecule has 2 aromatic rings. The fourth-order valence-corrected chi connectivity index (χ4v) is 4.50. The second-order valence-corrected chi connectivity index (χ2v) is 8.17. The van der Waals surface area contributed by atoms with Gasteiger partial charge in [0, 0.05) is 50.3 Å². The first kappa shape index (κ1) is 18.4. The van der Waals surface area contributed by atoms with Crippen LogP contribution in [-0.2, 0) is 26.1 Å². The highest BCUT2D eigenvalue weighted by Gasteiger charge is 2.25. The van der Waals surface area contributed by atoms with Crippen molar-refractivity contribution in [2.75, 3.05) is 6.54 Å². The minimum atomic E-state index is 0.0728. The summed E-state index contributed by atoms with van der Waals surface area (Å²) in [6.07, 6.45) is 10.2. The van der Waals surface area contributed by atoms with E-state index >= 15 is 0 Å². The maximum absolute atomic E-state index is 12.7. The van der Waals surface area contributed by atoms with Crippen LogP contribution in [0.5, 0.6) is 0 Å². The normalized spacial score (nSPS) is 18.6. The van der Waals surface area contributed by atoms with Gasteiger partial charge in [-0.15, -0.1) is 0 Å². The molecule has 0 unspecified atom stereocenters. The molecule has 0 atom stereocenters. The van der Waals surface area contributed by atoms with Crippen molar-refractivity contribution in [3.8, 4) is 0 Å². The number of H-pyrrole nitrogens is 1. The number of fused-ring (bicyclic) bond motifs is 1. The van der Waals surface area contributed by atoms with Gasteiger partial charge in [-0.05, 0) is 26.2 Å². The maximum atomic E-state index is 12.7. The summed E-state index contributed by atoms with van der Waals surface area (Å²) >= 11 is 0. The van der Waals surface area contributed by atoms with Gasteiger partial charge in [0.25, 0.3) is 5.56 Å². The molecule has 6 nitrogen and oxygen atoms in total. The molecule has 1 N–H and O–H groups in total. The molecule has 0 radical (unpaired) electrons. The highest BCUT2D eigenvalue weighted by atomic mass is 16.1. The Morgan fingerprint density at radius 2 is 2.07 bits per heavy atom. The molecule has 1 aliphatic heterocycles. The van der Waals surface area contributed by atoms with E-state index in [0.29, 0.717) is 12.5 Å². The average molecular weight is 370 g/mol. The van der Waals surface area contributed by atoms with E-state index < -0.39 is 0 Å². The minimum absolute atomic E-state index is 0.0728. The van der Waals surface area contributed by atoms with Crippen LogP contribution >= 0.6 is 0 Å². The van der Waals surface area contributed by atoms with Crippen molar-refractivity contribution in [2.24, 2.45) is 0 Å². The molecule has 1 fully saturated rings. The molecular weight excluding hydrogens is 338 g/mol.